The monoisotopic (exact) mass is 545 g/mol. The maximum absolute atomic E-state index is 11.4. The van der Waals surface area contributed by atoms with E-state index in [0.717, 1.165) is 28.3 Å². The van der Waals surface area contributed by atoms with Gasteiger partial charge in [0.2, 0.25) is 16.0 Å². The Labute approximate surface area is 218 Å². The smallest absolute Gasteiger partial charge is 0.236 e. The van der Waals surface area contributed by atoms with E-state index in [1.807, 2.05) is 36.0 Å². The van der Waals surface area contributed by atoms with Crippen molar-refractivity contribution in [2.45, 2.75) is 6.61 Å². The number of anilines is 1. The van der Waals surface area contributed by atoms with E-state index in [1.54, 1.807) is 18.2 Å². The van der Waals surface area contributed by atoms with Gasteiger partial charge >= 0.3 is 0 Å². The fourth-order valence-corrected chi connectivity index (χ4v) is 4.43. The summed E-state index contributed by atoms with van der Waals surface area (Å²) in [7, 11) is -1.57. The highest BCUT2D eigenvalue weighted by Crippen LogP contribution is 2.38. The highest BCUT2D eigenvalue weighted by atomic mass is 35.5. The number of aromatic nitrogens is 3. The van der Waals surface area contributed by atoms with E-state index in [-0.39, 0.29) is 25.0 Å². The highest BCUT2D eigenvalue weighted by molar-refractivity contribution is 7.91. The number of benzene rings is 2. The van der Waals surface area contributed by atoms with Gasteiger partial charge in [-0.3, -0.25) is 4.72 Å². The molecule has 9 nitrogen and oxygen atoms in total. The summed E-state index contributed by atoms with van der Waals surface area (Å²) in [5.41, 5.74) is 3.42. The minimum absolute atomic E-state index is 0.0180. The Morgan fingerprint density at radius 1 is 1.19 bits per heavy atom. The Balaban J connectivity index is 1.60. The third-order valence-corrected chi connectivity index (χ3v) is 6.13. The van der Waals surface area contributed by atoms with Gasteiger partial charge in [-0.1, -0.05) is 11.6 Å². The topological polar surface area (TPSA) is 119 Å². The molecule has 0 saturated carbocycles. The number of hydrogen-bond donors (Lipinski definition) is 1. The molecule has 0 aliphatic heterocycles. The first kappa shape index (κ1) is 25.6. The molecular weight excluding hydrogens is 525 g/mol. The molecule has 0 fully saturated rings. The van der Waals surface area contributed by atoms with Crippen molar-refractivity contribution in [1.82, 2.24) is 14.5 Å². The van der Waals surface area contributed by atoms with Crippen molar-refractivity contribution in [3.05, 3.63) is 65.1 Å². The van der Waals surface area contributed by atoms with Gasteiger partial charge in [-0.15, -0.1) is 11.6 Å². The van der Waals surface area contributed by atoms with Crippen LogP contribution in [0.1, 0.15) is 11.3 Å². The summed E-state index contributed by atoms with van der Waals surface area (Å²) in [4.78, 5) is 8.06. The van der Waals surface area contributed by atoms with Crippen molar-refractivity contribution in [2.24, 2.45) is 7.05 Å². The maximum atomic E-state index is 11.4. The van der Waals surface area contributed by atoms with Crippen LogP contribution in [-0.2, 0) is 23.7 Å². The lowest BCUT2D eigenvalue weighted by atomic mass is 10.0. The first-order chi connectivity index (χ1) is 17.2. The normalized spacial score (nSPS) is 11.3. The second kappa shape index (κ2) is 10.6. The molecule has 0 amide bonds. The second-order valence-electron chi connectivity index (χ2n) is 7.85. The zero-order valence-corrected chi connectivity index (χ0v) is 21.7. The summed E-state index contributed by atoms with van der Waals surface area (Å²) >= 11 is 12.1. The zero-order valence-electron chi connectivity index (χ0n) is 19.3. The van der Waals surface area contributed by atoms with Crippen molar-refractivity contribution >= 4 is 50.1 Å². The largest absolute Gasteiger partial charge is 0.489 e. The van der Waals surface area contributed by atoms with Gasteiger partial charge in [0.15, 0.2) is 5.75 Å². The Kier molecular flexibility index (Phi) is 7.54. The molecule has 0 aliphatic rings. The molecule has 0 unspecified atom stereocenters. The number of rotatable bonds is 9. The Morgan fingerprint density at radius 3 is 2.72 bits per heavy atom. The van der Waals surface area contributed by atoms with Crippen molar-refractivity contribution in [3.63, 3.8) is 0 Å². The van der Waals surface area contributed by atoms with Gasteiger partial charge in [0.25, 0.3) is 0 Å². The number of ether oxygens (including phenoxy) is 2. The Bertz CT molecular complexity index is 1580. The van der Waals surface area contributed by atoms with Crippen LogP contribution in [0.4, 0.5) is 5.95 Å². The Hall–Kier alpha value is -3.52. The fourth-order valence-electron chi connectivity index (χ4n) is 3.65. The van der Waals surface area contributed by atoms with E-state index in [2.05, 4.69) is 20.8 Å². The average Bonchev–Trinajstić information content (AvgIpc) is 3.16. The summed E-state index contributed by atoms with van der Waals surface area (Å²) in [6.45, 7) is 0.367. The lowest BCUT2D eigenvalue weighted by Gasteiger charge is -2.11. The van der Waals surface area contributed by atoms with Gasteiger partial charge < -0.3 is 14.0 Å². The number of nitrogens with one attached hydrogen (secondary N) is 1. The van der Waals surface area contributed by atoms with Crippen molar-refractivity contribution in [2.75, 3.05) is 23.5 Å². The van der Waals surface area contributed by atoms with Crippen LogP contribution in [0.5, 0.6) is 11.5 Å². The van der Waals surface area contributed by atoms with Gasteiger partial charge in [-0.05, 0) is 35.9 Å². The number of sulfonamides is 1. The average molecular weight is 546 g/mol. The number of nitrogens with zero attached hydrogens (tertiary/aromatic N) is 4. The third-order valence-electron chi connectivity index (χ3n) is 5.14. The standard InChI is InChI=1S/C24H21Cl2N5O4S/c1-31-13-20(15-9-16(12-27)23(21(26)10-15)34-8-6-25)19-4-3-18(11-22(19)31)35-14-17-5-7-28-24(29-17)30-36(2,32)33/h3-5,7,9-11,13H,6,8,14H2,1-2H3,(H,28,29,30). The van der Waals surface area contributed by atoms with E-state index < -0.39 is 10.0 Å². The molecule has 4 rings (SSSR count). The molecule has 4 aromatic rings. The van der Waals surface area contributed by atoms with Crippen molar-refractivity contribution in [3.8, 4) is 28.7 Å². The van der Waals surface area contributed by atoms with E-state index in [1.165, 1.54) is 6.20 Å². The molecule has 2 aromatic heterocycles. The predicted octanol–water partition coefficient (Wildman–Crippen LogP) is 4.73. The molecule has 0 spiro atoms. The van der Waals surface area contributed by atoms with E-state index in [0.29, 0.717) is 27.8 Å². The number of halogens is 2. The summed E-state index contributed by atoms with van der Waals surface area (Å²) in [5.74, 6) is 1.19. The van der Waals surface area contributed by atoms with E-state index in [4.69, 9.17) is 32.7 Å². The molecular formula is C24H21Cl2N5O4S. The minimum atomic E-state index is -3.48. The second-order valence-corrected chi connectivity index (χ2v) is 10.4. The van der Waals surface area contributed by atoms with Crippen LogP contribution in [0.2, 0.25) is 5.02 Å². The first-order valence-electron chi connectivity index (χ1n) is 10.6. The van der Waals surface area contributed by atoms with E-state index >= 15 is 0 Å². The van der Waals surface area contributed by atoms with Crippen LogP contribution in [-0.4, -0.2) is 41.7 Å². The lowest BCUT2D eigenvalue weighted by Crippen LogP contribution is -2.13. The zero-order chi connectivity index (χ0) is 25.9. The molecule has 1 N–H and O–H groups in total. The molecule has 36 heavy (non-hydrogen) atoms. The minimum Gasteiger partial charge on any atom is -0.489 e. The predicted molar refractivity (Wildman–Crippen MR) is 139 cm³/mol. The molecule has 0 atom stereocenters. The first-order valence-corrected chi connectivity index (χ1v) is 13.4. The number of hydrogen-bond acceptors (Lipinski definition) is 7. The van der Waals surface area contributed by atoms with Crippen LogP contribution >= 0.6 is 23.2 Å². The fraction of sp³-hybridized carbons (Fsp3) is 0.208. The quantitative estimate of drug-likeness (QED) is 0.302. The van der Waals surface area contributed by atoms with Crippen molar-refractivity contribution < 1.29 is 17.9 Å². The molecule has 2 heterocycles. The van der Waals surface area contributed by atoms with Gasteiger partial charge in [0.05, 0.1) is 33.9 Å². The summed E-state index contributed by atoms with van der Waals surface area (Å²) in [6.07, 6.45) is 4.44. The molecule has 186 valence electrons. The number of fused-ring (bicyclic) bond motifs is 1. The van der Waals surface area contributed by atoms with Crippen LogP contribution < -0.4 is 14.2 Å². The van der Waals surface area contributed by atoms with E-state index in [9.17, 15) is 13.7 Å². The molecule has 0 aliphatic carbocycles. The van der Waals surface area contributed by atoms with Crippen LogP contribution in [0.25, 0.3) is 22.0 Å². The lowest BCUT2D eigenvalue weighted by molar-refractivity contribution is 0.301. The molecule has 0 bridgehead atoms. The van der Waals surface area contributed by atoms with Gasteiger partial charge in [-0.2, -0.15) is 5.26 Å². The van der Waals surface area contributed by atoms with Crippen LogP contribution in [0, 0.1) is 11.3 Å². The van der Waals surface area contributed by atoms with Gasteiger partial charge in [-0.25, -0.2) is 18.4 Å². The highest BCUT2D eigenvalue weighted by Gasteiger charge is 2.16. The molecule has 0 radical (unpaired) electrons. The molecule has 2 aromatic carbocycles. The number of nitriles is 1. The molecule has 12 heteroatoms. The summed E-state index contributed by atoms with van der Waals surface area (Å²) in [6, 6.07) is 12.9. The summed E-state index contributed by atoms with van der Waals surface area (Å²) in [5, 5.41) is 10.9. The van der Waals surface area contributed by atoms with Crippen molar-refractivity contribution in [1.29, 1.82) is 5.26 Å². The molecule has 0 saturated heterocycles. The SMILES string of the molecule is Cn1cc(-c2cc(Cl)c(OCCCl)c(C#N)c2)c2ccc(OCc3ccnc(NS(C)(=O)=O)n3)cc21. The van der Waals surface area contributed by atoms with Gasteiger partial charge in [0.1, 0.15) is 25.0 Å². The van der Waals surface area contributed by atoms with Crippen LogP contribution in [0.15, 0.2) is 48.8 Å². The maximum Gasteiger partial charge on any atom is 0.236 e. The summed E-state index contributed by atoms with van der Waals surface area (Å²) < 4.78 is 38.5. The Morgan fingerprint density at radius 2 is 2.00 bits per heavy atom. The third kappa shape index (κ3) is 5.82. The number of aryl methyl sites for hydroxylation is 1. The van der Waals surface area contributed by atoms with Gasteiger partial charge in [0, 0.05) is 36.5 Å². The number of alkyl halides is 1. The van der Waals surface area contributed by atoms with Crippen LogP contribution in [0.3, 0.4) is 0 Å².